The molecule has 1 saturated heterocycles. The predicted octanol–water partition coefficient (Wildman–Crippen LogP) is 2.39. The molecule has 0 saturated carbocycles. The van der Waals surface area contributed by atoms with Crippen molar-refractivity contribution in [3.63, 3.8) is 0 Å². The topological polar surface area (TPSA) is 66.8 Å². The van der Waals surface area contributed by atoms with Crippen LogP contribution in [0, 0.1) is 11.6 Å². The number of sulfone groups is 1. The number of aliphatic hydroxyl groups excluding tert-OH is 1. The highest BCUT2D eigenvalue weighted by molar-refractivity contribution is 7.91. The molecule has 1 aliphatic rings. The van der Waals surface area contributed by atoms with Crippen LogP contribution in [0.15, 0.2) is 48.5 Å². The summed E-state index contributed by atoms with van der Waals surface area (Å²) in [7, 11) is -3.12. The third kappa shape index (κ3) is 5.73. The predicted molar refractivity (Wildman–Crippen MR) is 102 cm³/mol. The Bertz CT molecular complexity index is 907. The summed E-state index contributed by atoms with van der Waals surface area (Å²) in [5, 5.41) is 10.4. The number of ether oxygens (including phenoxy) is 1. The third-order valence-corrected chi connectivity index (χ3v) is 6.46. The fourth-order valence-electron chi connectivity index (χ4n) is 3.35. The molecule has 0 aromatic heterocycles. The zero-order chi connectivity index (χ0) is 20.1. The molecule has 152 valence electrons. The molecule has 5 nitrogen and oxygen atoms in total. The Morgan fingerprint density at radius 3 is 2.64 bits per heavy atom. The van der Waals surface area contributed by atoms with E-state index in [9.17, 15) is 22.3 Å². The second kappa shape index (κ2) is 8.98. The highest BCUT2D eigenvalue weighted by Crippen LogP contribution is 2.21. The average molecular weight is 411 g/mol. The van der Waals surface area contributed by atoms with Crippen molar-refractivity contribution in [1.29, 1.82) is 0 Å². The normalized spacial score (nSPS) is 19.6. The van der Waals surface area contributed by atoms with Crippen molar-refractivity contribution in [3.8, 4) is 5.75 Å². The molecule has 1 heterocycles. The van der Waals surface area contributed by atoms with Crippen LogP contribution in [-0.4, -0.2) is 55.2 Å². The quantitative estimate of drug-likeness (QED) is 0.723. The van der Waals surface area contributed by atoms with E-state index in [-0.39, 0.29) is 42.3 Å². The SMILES string of the molecule is O=S1(=O)CCC(N(Cc2cccc(F)c2)CC(O)COc2ccccc2F)C1. The average Bonchev–Trinajstić information content (AvgIpc) is 3.00. The minimum Gasteiger partial charge on any atom is -0.488 e. The van der Waals surface area contributed by atoms with Gasteiger partial charge in [-0.25, -0.2) is 17.2 Å². The van der Waals surface area contributed by atoms with Crippen LogP contribution in [0.2, 0.25) is 0 Å². The summed E-state index contributed by atoms with van der Waals surface area (Å²) in [6, 6.07) is 11.7. The van der Waals surface area contributed by atoms with Crippen LogP contribution in [-0.2, 0) is 16.4 Å². The first-order valence-electron chi connectivity index (χ1n) is 9.07. The van der Waals surface area contributed by atoms with Gasteiger partial charge in [0.15, 0.2) is 21.4 Å². The molecule has 2 unspecified atom stereocenters. The van der Waals surface area contributed by atoms with Crippen LogP contribution in [0.5, 0.6) is 5.75 Å². The molecule has 0 bridgehead atoms. The molecule has 0 radical (unpaired) electrons. The van der Waals surface area contributed by atoms with Gasteiger partial charge in [0.25, 0.3) is 0 Å². The first kappa shape index (κ1) is 20.7. The van der Waals surface area contributed by atoms with Gasteiger partial charge in [0.1, 0.15) is 18.5 Å². The lowest BCUT2D eigenvalue weighted by molar-refractivity contribution is 0.0513. The Balaban J connectivity index is 1.66. The Hall–Kier alpha value is -2.03. The monoisotopic (exact) mass is 411 g/mol. The van der Waals surface area contributed by atoms with Crippen molar-refractivity contribution in [3.05, 3.63) is 65.7 Å². The second-order valence-electron chi connectivity index (χ2n) is 7.01. The molecular weight excluding hydrogens is 388 g/mol. The number of para-hydroxylation sites is 1. The minimum absolute atomic E-state index is 0.00318. The molecule has 2 aromatic rings. The first-order chi connectivity index (χ1) is 13.3. The minimum atomic E-state index is -3.12. The Morgan fingerprint density at radius 1 is 1.18 bits per heavy atom. The van der Waals surface area contributed by atoms with Gasteiger partial charge in [-0.15, -0.1) is 0 Å². The number of aliphatic hydroxyl groups is 1. The van der Waals surface area contributed by atoms with Crippen molar-refractivity contribution < 1.29 is 27.0 Å². The summed E-state index contributed by atoms with van der Waals surface area (Å²) >= 11 is 0. The number of nitrogens with zero attached hydrogens (tertiary/aromatic N) is 1. The number of rotatable bonds is 8. The standard InChI is InChI=1S/C20H23F2NO4S/c21-16-5-3-4-15(10-16)11-23(17-8-9-28(25,26)14-17)12-18(24)13-27-20-7-2-1-6-19(20)22/h1-7,10,17-18,24H,8-9,11-14H2. The van der Waals surface area contributed by atoms with E-state index < -0.39 is 21.8 Å². The second-order valence-corrected chi connectivity index (χ2v) is 9.24. The molecular formula is C20H23F2NO4S. The van der Waals surface area contributed by atoms with Crippen molar-refractivity contribution in [2.45, 2.75) is 25.1 Å². The summed E-state index contributed by atoms with van der Waals surface area (Å²) in [4.78, 5) is 1.83. The van der Waals surface area contributed by atoms with Crippen LogP contribution in [0.4, 0.5) is 8.78 Å². The van der Waals surface area contributed by atoms with Gasteiger partial charge < -0.3 is 9.84 Å². The zero-order valence-electron chi connectivity index (χ0n) is 15.3. The Morgan fingerprint density at radius 2 is 1.96 bits per heavy atom. The van der Waals surface area contributed by atoms with Crippen LogP contribution in [0.1, 0.15) is 12.0 Å². The Kier molecular flexibility index (Phi) is 6.64. The maximum absolute atomic E-state index is 13.6. The van der Waals surface area contributed by atoms with Crippen LogP contribution in [0.3, 0.4) is 0 Å². The van der Waals surface area contributed by atoms with E-state index in [4.69, 9.17) is 4.74 Å². The van der Waals surface area contributed by atoms with E-state index in [1.165, 1.54) is 24.3 Å². The lowest BCUT2D eigenvalue weighted by Gasteiger charge is -2.30. The summed E-state index contributed by atoms with van der Waals surface area (Å²) in [5.41, 5.74) is 0.687. The molecule has 0 amide bonds. The van der Waals surface area contributed by atoms with Crippen LogP contribution < -0.4 is 4.74 Å². The molecule has 1 fully saturated rings. The van der Waals surface area contributed by atoms with E-state index >= 15 is 0 Å². The van der Waals surface area contributed by atoms with Gasteiger partial charge in [-0.2, -0.15) is 0 Å². The molecule has 2 atom stereocenters. The lowest BCUT2D eigenvalue weighted by Crippen LogP contribution is -2.42. The summed E-state index contributed by atoms with van der Waals surface area (Å²) < 4.78 is 56.2. The fraction of sp³-hybridized carbons (Fsp3) is 0.400. The third-order valence-electron chi connectivity index (χ3n) is 4.71. The zero-order valence-corrected chi connectivity index (χ0v) is 16.1. The van der Waals surface area contributed by atoms with Gasteiger partial charge in [-0.1, -0.05) is 24.3 Å². The first-order valence-corrected chi connectivity index (χ1v) is 10.9. The van der Waals surface area contributed by atoms with Gasteiger partial charge in [0.2, 0.25) is 0 Å². The lowest BCUT2D eigenvalue weighted by atomic mass is 10.1. The number of benzene rings is 2. The highest BCUT2D eigenvalue weighted by atomic mass is 32.2. The fourth-order valence-corrected chi connectivity index (χ4v) is 5.11. The molecule has 0 spiro atoms. The van der Waals surface area contributed by atoms with Crippen molar-refractivity contribution >= 4 is 9.84 Å². The van der Waals surface area contributed by atoms with Crippen LogP contribution in [0.25, 0.3) is 0 Å². The van der Waals surface area contributed by atoms with E-state index in [1.807, 2.05) is 4.90 Å². The maximum atomic E-state index is 13.6. The van der Waals surface area contributed by atoms with Gasteiger partial charge in [0, 0.05) is 19.1 Å². The molecule has 3 rings (SSSR count). The van der Waals surface area contributed by atoms with Crippen molar-refractivity contribution in [2.24, 2.45) is 0 Å². The largest absolute Gasteiger partial charge is 0.488 e. The molecule has 28 heavy (non-hydrogen) atoms. The molecule has 1 aliphatic heterocycles. The van der Waals surface area contributed by atoms with Gasteiger partial charge >= 0.3 is 0 Å². The van der Waals surface area contributed by atoms with E-state index in [2.05, 4.69) is 0 Å². The molecule has 2 aromatic carbocycles. The molecule has 1 N–H and O–H groups in total. The highest BCUT2D eigenvalue weighted by Gasteiger charge is 2.33. The number of hydrogen-bond donors (Lipinski definition) is 1. The summed E-state index contributed by atoms with van der Waals surface area (Å²) in [6.45, 7) is 0.292. The van der Waals surface area contributed by atoms with Crippen molar-refractivity contribution in [2.75, 3.05) is 24.7 Å². The van der Waals surface area contributed by atoms with Gasteiger partial charge in [-0.3, -0.25) is 4.90 Å². The van der Waals surface area contributed by atoms with Crippen LogP contribution >= 0.6 is 0 Å². The van der Waals surface area contributed by atoms with E-state index in [0.29, 0.717) is 18.5 Å². The molecule has 8 heteroatoms. The summed E-state index contributed by atoms with van der Waals surface area (Å²) in [6.07, 6.45) is -0.505. The van der Waals surface area contributed by atoms with E-state index in [0.717, 1.165) is 0 Å². The number of halogens is 2. The molecule has 0 aliphatic carbocycles. The van der Waals surface area contributed by atoms with Crippen molar-refractivity contribution in [1.82, 2.24) is 4.90 Å². The Labute approximate surface area is 163 Å². The maximum Gasteiger partial charge on any atom is 0.165 e. The van der Waals surface area contributed by atoms with E-state index in [1.54, 1.807) is 24.3 Å². The smallest absolute Gasteiger partial charge is 0.165 e. The van der Waals surface area contributed by atoms with Gasteiger partial charge in [-0.05, 0) is 36.2 Å². The summed E-state index contributed by atoms with van der Waals surface area (Å²) in [5.74, 6) is -0.752. The number of hydrogen-bond acceptors (Lipinski definition) is 5. The van der Waals surface area contributed by atoms with Gasteiger partial charge in [0.05, 0.1) is 11.5 Å².